The number of aromatic nitrogens is 2. The van der Waals surface area contributed by atoms with Crippen molar-refractivity contribution in [2.75, 3.05) is 0 Å². The number of hydrogen-bond acceptors (Lipinski definition) is 9. The summed E-state index contributed by atoms with van der Waals surface area (Å²) >= 11 is 0. The number of phosphoric acid groups is 1. The van der Waals surface area contributed by atoms with Crippen LogP contribution in [0.3, 0.4) is 0 Å². The van der Waals surface area contributed by atoms with E-state index in [0.29, 0.717) is 5.56 Å². The molecule has 1 fully saturated rings. The topological polar surface area (TPSA) is 149 Å². The maximum absolute atomic E-state index is 12.8. The minimum atomic E-state index is -4.38. The predicted molar refractivity (Wildman–Crippen MR) is 116 cm³/mol. The van der Waals surface area contributed by atoms with Gasteiger partial charge in [0.25, 0.3) is 5.56 Å². The van der Waals surface area contributed by atoms with Gasteiger partial charge in [0, 0.05) is 11.8 Å². The molecule has 4 rings (SSSR count). The minimum absolute atomic E-state index is 0.0183. The van der Waals surface area contributed by atoms with Crippen LogP contribution in [0.1, 0.15) is 49.6 Å². The van der Waals surface area contributed by atoms with Crippen molar-refractivity contribution in [3.63, 3.8) is 0 Å². The van der Waals surface area contributed by atoms with Gasteiger partial charge in [-0.3, -0.25) is 18.9 Å². The Balaban J connectivity index is 0.00000149. The second-order valence-electron chi connectivity index (χ2n) is 7.18. The van der Waals surface area contributed by atoms with Gasteiger partial charge in [0.15, 0.2) is 0 Å². The van der Waals surface area contributed by atoms with Gasteiger partial charge in [-0.2, -0.15) is 0 Å². The maximum atomic E-state index is 12.8. The summed E-state index contributed by atoms with van der Waals surface area (Å²) in [5.41, 5.74) is -0.0192. The number of terminal acetylenes is 1. The number of H-pyrrole nitrogens is 1. The van der Waals surface area contributed by atoms with Gasteiger partial charge in [-0.25, -0.2) is 13.9 Å². The Kier molecular flexibility index (Phi) is 7.29. The smallest absolute Gasteiger partial charge is 0.404 e. The fourth-order valence-electron chi connectivity index (χ4n) is 3.38. The molecule has 2 aromatic rings. The highest BCUT2D eigenvalue weighted by Crippen LogP contribution is 2.57. The van der Waals surface area contributed by atoms with Crippen molar-refractivity contribution in [2.45, 2.75) is 58.5 Å². The first kappa shape index (κ1) is 24.9. The molecule has 1 aromatic heterocycles. The number of nitrogens with zero attached hydrogens (tertiary/aromatic N) is 1. The van der Waals surface area contributed by atoms with Crippen molar-refractivity contribution in [2.24, 2.45) is 0 Å². The number of aryl methyl sites for hydroxylation is 1. The highest BCUT2D eigenvalue weighted by Gasteiger charge is 2.50. The van der Waals surface area contributed by atoms with E-state index in [-0.39, 0.29) is 30.8 Å². The average Bonchev–Trinajstić information content (AvgIpc) is 3.26. The van der Waals surface area contributed by atoms with Crippen LogP contribution in [0, 0.1) is 19.3 Å². The van der Waals surface area contributed by atoms with Crippen LogP contribution in [0.4, 0.5) is 0 Å². The average molecular weight is 480 g/mol. The van der Waals surface area contributed by atoms with E-state index < -0.39 is 37.4 Å². The Morgan fingerprint density at radius 2 is 2.03 bits per heavy atom. The van der Waals surface area contributed by atoms with Crippen LogP contribution in [0.2, 0.25) is 0 Å². The van der Waals surface area contributed by atoms with Gasteiger partial charge < -0.3 is 19.5 Å². The summed E-state index contributed by atoms with van der Waals surface area (Å²) in [4.78, 5) is 25.8. The molecule has 0 spiro atoms. The molecule has 1 saturated heterocycles. The Morgan fingerprint density at radius 3 is 2.73 bits per heavy atom. The van der Waals surface area contributed by atoms with Crippen molar-refractivity contribution in [1.82, 2.24) is 9.55 Å². The molecule has 0 radical (unpaired) electrons. The molecule has 2 aliphatic heterocycles. The molecule has 2 aliphatic rings. The molecule has 1 aromatic carbocycles. The van der Waals surface area contributed by atoms with Crippen molar-refractivity contribution in [3.8, 4) is 18.1 Å². The van der Waals surface area contributed by atoms with Crippen LogP contribution < -0.4 is 15.8 Å². The molecule has 3 N–H and O–H groups in total. The lowest BCUT2D eigenvalue weighted by atomic mass is 10.1. The predicted octanol–water partition coefficient (Wildman–Crippen LogP) is 1.90. The van der Waals surface area contributed by atoms with Gasteiger partial charge in [-0.1, -0.05) is 37.5 Å². The number of ether oxygens (including phenoxy) is 1. The van der Waals surface area contributed by atoms with Gasteiger partial charge >= 0.3 is 19.5 Å². The Hall–Kier alpha value is -2.71. The number of benzene rings is 1. The van der Waals surface area contributed by atoms with E-state index >= 15 is 0 Å². The fourth-order valence-corrected chi connectivity index (χ4v) is 4.68. The molecular weight excluding hydrogens is 455 g/mol. The molecule has 178 valence electrons. The molecule has 3 unspecified atom stereocenters. The van der Waals surface area contributed by atoms with E-state index in [0.717, 1.165) is 16.3 Å². The third-order valence-electron chi connectivity index (χ3n) is 4.90. The van der Waals surface area contributed by atoms with Gasteiger partial charge in [0.1, 0.15) is 23.6 Å². The SMILES string of the molecule is C#Cc1cn(C2CCC(C(O)(O)OP3(=O)OCc4cc(C)ccc4O3)O2)c(=O)[nH]c1=O.CC. The molecule has 0 amide bonds. The summed E-state index contributed by atoms with van der Waals surface area (Å²) in [6.45, 7) is 5.76. The molecule has 0 bridgehead atoms. The number of aliphatic hydroxyl groups is 2. The quantitative estimate of drug-likeness (QED) is 0.339. The van der Waals surface area contributed by atoms with Crippen LogP contribution in [0.15, 0.2) is 34.0 Å². The monoisotopic (exact) mass is 480 g/mol. The summed E-state index contributed by atoms with van der Waals surface area (Å²) < 4.78 is 34.7. The summed E-state index contributed by atoms with van der Waals surface area (Å²) in [6.07, 6.45) is 4.18. The Bertz CT molecular complexity index is 1230. The third-order valence-corrected chi connectivity index (χ3v) is 6.26. The number of aromatic amines is 1. The van der Waals surface area contributed by atoms with Crippen molar-refractivity contribution in [1.29, 1.82) is 0 Å². The first-order chi connectivity index (χ1) is 15.6. The second kappa shape index (κ2) is 9.65. The largest absolute Gasteiger partial charge is 0.534 e. The fraction of sp³-hybridized carbons (Fsp3) is 0.429. The highest BCUT2D eigenvalue weighted by atomic mass is 31.2. The Morgan fingerprint density at radius 1 is 1.30 bits per heavy atom. The van der Waals surface area contributed by atoms with E-state index in [9.17, 15) is 24.4 Å². The first-order valence-electron chi connectivity index (χ1n) is 10.3. The van der Waals surface area contributed by atoms with Crippen LogP contribution in [0.5, 0.6) is 5.75 Å². The van der Waals surface area contributed by atoms with Gasteiger partial charge in [-0.05, 0) is 25.8 Å². The summed E-state index contributed by atoms with van der Waals surface area (Å²) in [6, 6.07) is 5.09. The first-order valence-corrected chi connectivity index (χ1v) is 11.7. The lowest BCUT2D eigenvalue weighted by Gasteiger charge is -2.32. The van der Waals surface area contributed by atoms with Crippen molar-refractivity contribution in [3.05, 3.63) is 61.9 Å². The molecule has 3 heterocycles. The van der Waals surface area contributed by atoms with Crippen LogP contribution >= 0.6 is 7.82 Å². The van der Waals surface area contributed by atoms with E-state index in [1.807, 2.05) is 20.8 Å². The Labute approximate surface area is 189 Å². The van der Waals surface area contributed by atoms with E-state index in [1.54, 1.807) is 18.2 Å². The second-order valence-corrected chi connectivity index (χ2v) is 8.70. The lowest BCUT2D eigenvalue weighted by Crippen LogP contribution is -2.45. The van der Waals surface area contributed by atoms with Crippen molar-refractivity contribution >= 4 is 7.82 Å². The zero-order valence-electron chi connectivity index (χ0n) is 18.3. The minimum Gasteiger partial charge on any atom is -0.404 e. The van der Waals surface area contributed by atoms with Gasteiger partial charge in [0.05, 0.1) is 6.61 Å². The number of fused-ring (bicyclic) bond motifs is 1. The lowest BCUT2D eigenvalue weighted by molar-refractivity contribution is -0.349. The third kappa shape index (κ3) is 5.28. The number of nitrogens with one attached hydrogen (secondary N) is 1. The zero-order valence-corrected chi connectivity index (χ0v) is 19.2. The molecule has 0 aliphatic carbocycles. The highest BCUT2D eigenvalue weighted by molar-refractivity contribution is 7.49. The van der Waals surface area contributed by atoms with E-state index in [4.69, 9.17) is 24.7 Å². The molecule has 0 saturated carbocycles. The number of rotatable bonds is 4. The van der Waals surface area contributed by atoms with Gasteiger partial charge in [-0.15, -0.1) is 6.42 Å². The van der Waals surface area contributed by atoms with Crippen LogP contribution in [-0.4, -0.2) is 31.8 Å². The number of phosphoric ester groups is 1. The normalized spacial score (nSPS) is 24.1. The summed E-state index contributed by atoms with van der Waals surface area (Å²) in [5, 5.41) is 20.8. The molecule has 12 heteroatoms. The van der Waals surface area contributed by atoms with Gasteiger partial charge in [0.2, 0.25) is 0 Å². The molecule has 33 heavy (non-hydrogen) atoms. The number of hydrogen-bond donors (Lipinski definition) is 3. The standard InChI is InChI=1S/C19H19N2O9P.C2H6/c1-3-12-9-21(18(23)20-17(12)22)16-7-6-15(28-16)19(24,25)30-31(26)27-10-13-8-11(2)4-5-14(13)29-31;1-2/h1,4-5,8-9,15-16,24-25H,6-7,10H2,2H3,(H,20,22,23);1-2H3. The van der Waals surface area contributed by atoms with E-state index in [2.05, 4.69) is 10.9 Å². The van der Waals surface area contributed by atoms with E-state index in [1.165, 1.54) is 0 Å². The van der Waals surface area contributed by atoms with Crippen LogP contribution in [-0.2, 0) is 25.0 Å². The summed E-state index contributed by atoms with van der Waals surface area (Å²) in [7, 11) is -4.38. The molecular formula is C21H25N2O9P. The molecule has 3 atom stereocenters. The maximum Gasteiger partial charge on any atom is 0.534 e. The van der Waals surface area contributed by atoms with Crippen molar-refractivity contribution < 1.29 is 33.1 Å². The van der Waals surface area contributed by atoms with Crippen LogP contribution in [0.25, 0.3) is 0 Å². The zero-order chi connectivity index (χ0) is 24.4. The summed E-state index contributed by atoms with van der Waals surface area (Å²) in [5.74, 6) is -0.664. The molecule has 11 nitrogen and oxygen atoms in total.